The topological polar surface area (TPSA) is 54.7 Å². The summed E-state index contributed by atoms with van der Waals surface area (Å²) in [6.45, 7) is 7.16. The van der Waals surface area contributed by atoms with Crippen LogP contribution in [0.5, 0.6) is 0 Å². The quantitative estimate of drug-likeness (QED) is 0.859. The molecule has 0 saturated carbocycles. The SMILES string of the molecule is CCC(C)c1ccc(-c2cnc(C(C)CN)[nH]2)cc1. The summed E-state index contributed by atoms with van der Waals surface area (Å²) in [5, 5.41) is 0. The summed E-state index contributed by atoms with van der Waals surface area (Å²) < 4.78 is 0. The van der Waals surface area contributed by atoms with Crippen molar-refractivity contribution in [1.82, 2.24) is 9.97 Å². The largest absolute Gasteiger partial charge is 0.342 e. The minimum Gasteiger partial charge on any atom is -0.342 e. The van der Waals surface area contributed by atoms with E-state index in [2.05, 4.69) is 55.0 Å². The lowest BCUT2D eigenvalue weighted by Gasteiger charge is -2.09. The van der Waals surface area contributed by atoms with Crippen LogP contribution in [-0.4, -0.2) is 16.5 Å². The van der Waals surface area contributed by atoms with Crippen molar-refractivity contribution in [3.8, 4) is 11.3 Å². The van der Waals surface area contributed by atoms with Crippen LogP contribution in [-0.2, 0) is 0 Å². The molecule has 0 amide bonds. The molecule has 1 aromatic heterocycles. The number of nitrogens with one attached hydrogen (secondary N) is 1. The van der Waals surface area contributed by atoms with Crippen molar-refractivity contribution in [3.63, 3.8) is 0 Å². The summed E-state index contributed by atoms with van der Waals surface area (Å²) in [7, 11) is 0. The third kappa shape index (κ3) is 3.04. The van der Waals surface area contributed by atoms with Crippen molar-refractivity contribution in [2.24, 2.45) is 5.73 Å². The van der Waals surface area contributed by atoms with Crippen LogP contribution < -0.4 is 5.73 Å². The molecule has 1 heterocycles. The van der Waals surface area contributed by atoms with Crippen LogP contribution in [0.2, 0.25) is 0 Å². The van der Waals surface area contributed by atoms with E-state index in [9.17, 15) is 0 Å². The monoisotopic (exact) mass is 257 g/mol. The van der Waals surface area contributed by atoms with E-state index in [1.807, 2.05) is 6.20 Å². The third-order valence-electron chi connectivity index (χ3n) is 3.82. The van der Waals surface area contributed by atoms with Crippen LogP contribution in [0.25, 0.3) is 11.3 Å². The van der Waals surface area contributed by atoms with Crippen LogP contribution in [0.1, 0.15) is 50.4 Å². The minimum atomic E-state index is 0.271. The van der Waals surface area contributed by atoms with Gasteiger partial charge in [0.25, 0.3) is 0 Å². The summed E-state index contributed by atoms with van der Waals surface area (Å²) >= 11 is 0. The van der Waals surface area contributed by atoms with Crippen molar-refractivity contribution in [1.29, 1.82) is 0 Å². The van der Waals surface area contributed by atoms with Gasteiger partial charge >= 0.3 is 0 Å². The molecular formula is C16H23N3. The zero-order valence-electron chi connectivity index (χ0n) is 12.0. The van der Waals surface area contributed by atoms with Crippen LogP contribution in [0.15, 0.2) is 30.5 Å². The number of nitrogens with two attached hydrogens (primary N) is 1. The summed E-state index contributed by atoms with van der Waals surface area (Å²) in [4.78, 5) is 7.75. The molecule has 0 bridgehead atoms. The maximum atomic E-state index is 5.66. The Balaban J connectivity index is 2.20. The Labute approximate surface area is 115 Å². The Morgan fingerprint density at radius 3 is 2.42 bits per heavy atom. The van der Waals surface area contributed by atoms with Crippen LogP contribution in [0.3, 0.4) is 0 Å². The average molecular weight is 257 g/mol. The Bertz CT molecular complexity index is 513. The highest BCUT2D eigenvalue weighted by atomic mass is 14.9. The summed E-state index contributed by atoms with van der Waals surface area (Å²) in [5.41, 5.74) is 9.29. The van der Waals surface area contributed by atoms with Gasteiger partial charge in [-0.1, -0.05) is 45.0 Å². The molecule has 0 aliphatic heterocycles. The van der Waals surface area contributed by atoms with Gasteiger partial charge in [0, 0.05) is 12.5 Å². The Kier molecular flexibility index (Phi) is 4.38. The van der Waals surface area contributed by atoms with Gasteiger partial charge in [-0.15, -0.1) is 0 Å². The molecule has 2 atom stereocenters. The molecule has 3 nitrogen and oxygen atoms in total. The highest BCUT2D eigenvalue weighted by Gasteiger charge is 2.09. The van der Waals surface area contributed by atoms with Crippen LogP contribution in [0, 0.1) is 0 Å². The van der Waals surface area contributed by atoms with Crippen molar-refractivity contribution >= 4 is 0 Å². The van der Waals surface area contributed by atoms with Gasteiger partial charge in [-0.3, -0.25) is 0 Å². The first kappa shape index (κ1) is 13.8. The van der Waals surface area contributed by atoms with Crippen molar-refractivity contribution in [3.05, 3.63) is 41.9 Å². The molecular weight excluding hydrogens is 234 g/mol. The molecule has 2 unspecified atom stereocenters. The second kappa shape index (κ2) is 6.02. The molecule has 0 aliphatic rings. The van der Waals surface area contributed by atoms with E-state index >= 15 is 0 Å². The van der Waals surface area contributed by atoms with Crippen molar-refractivity contribution in [2.75, 3.05) is 6.54 Å². The fourth-order valence-electron chi connectivity index (χ4n) is 2.07. The van der Waals surface area contributed by atoms with Gasteiger partial charge in [-0.25, -0.2) is 4.98 Å². The molecule has 0 aliphatic carbocycles. The second-order valence-electron chi connectivity index (χ2n) is 5.25. The standard InChI is InChI=1S/C16H23N3/c1-4-11(2)13-5-7-14(8-6-13)15-10-18-16(19-15)12(3)9-17/h5-8,10-12H,4,9,17H2,1-3H3,(H,18,19). The Morgan fingerprint density at radius 2 is 1.84 bits per heavy atom. The van der Waals surface area contributed by atoms with E-state index in [0.29, 0.717) is 12.5 Å². The molecule has 2 aromatic rings. The minimum absolute atomic E-state index is 0.271. The van der Waals surface area contributed by atoms with E-state index in [0.717, 1.165) is 11.5 Å². The summed E-state index contributed by atoms with van der Waals surface area (Å²) in [6, 6.07) is 8.73. The predicted molar refractivity (Wildman–Crippen MR) is 80.2 cm³/mol. The molecule has 102 valence electrons. The summed E-state index contributed by atoms with van der Waals surface area (Å²) in [6.07, 6.45) is 3.06. The lowest BCUT2D eigenvalue weighted by atomic mass is 9.97. The lowest BCUT2D eigenvalue weighted by molar-refractivity contribution is 0.725. The van der Waals surface area contributed by atoms with Gasteiger partial charge < -0.3 is 10.7 Å². The average Bonchev–Trinajstić information content (AvgIpc) is 2.95. The van der Waals surface area contributed by atoms with Crippen LogP contribution in [0.4, 0.5) is 0 Å². The van der Waals surface area contributed by atoms with Gasteiger partial charge in [-0.05, 0) is 23.5 Å². The number of rotatable bonds is 5. The van der Waals surface area contributed by atoms with Gasteiger partial charge in [0.2, 0.25) is 0 Å². The number of benzene rings is 1. The molecule has 0 saturated heterocycles. The number of aromatic nitrogens is 2. The van der Waals surface area contributed by atoms with Gasteiger partial charge in [-0.2, -0.15) is 0 Å². The second-order valence-corrected chi connectivity index (χ2v) is 5.25. The number of nitrogens with zero attached hydrogens (tertiary/aromatic N) is 1. The number of hydrogen-bond acceptors (Lipinski definition) is 2. The normalized spacial score (nSPS) is 14.3. The molecule has 0 spiro atoms. The maximum Gasteiger partial charge on any atom is 0.110 e. The fourth-order valence-corrected chi connectivity index (χ4v) is 2.07. The number of H-pyrrole nitrogens is 1. The Hall–Kier alpha value is -1.61. The first-order valence-electron chi connectivity index (χ1n) is 7.01. The highest BCUT2D eigenvalue weighted by molar-refractivity contribution is 5.59. The highest BCUT2D eigenvalue weighted by Crippen LogP contribution is 2.24. The molecule has 2 rings (SSSR count). The first-order valence-corrected chi connectivity index (χ1v) is 7.01. The van der Waals surface area contributed by atoms with Crippen molar-refractivity contribution in [2.45, 2.75) is 39.0 Å². The predicted octanol–water partition coefficient (Wildman–Crippen LogP) is 3.65. The lowest BCUT2D eigenvalue weighted by Crippen LogP contribution is -2.10. The van der Waals surface area contributed by atoms with Crippen molar-refractivity contribution < 1.29 is 0 Å². The van der Waals surface area contributed by atoms with Gasteiger partial charge in [0.15, 0.2) is 0 Å². The van der Waals surface area contributed by atoms with E-state index in [1.54, 1.807) is 0 Å². The zero-order valence-corrected chi connectivity index (χ0v) is 12.0. The molecule has 0 fully saturated rings. The van der Waals surface area contributed by atoms with Gasteiger partial charge in [0.05, 0.1) is 11.9 Å². The molecule has 0 radical (unpaired) electrons. The number of aromatic amines is 1. The molecule has 3 N–H and O–H groups in total. The zero-order chi connectivity index (χ0) is 13.8. The molecule has 19 heavy (non-hydrogen) atoms. The molecule has 3 heteroatoms. The van der Waals surface area contributed by atoms with E-state index in [-0.39, 0.29) is 5.92 Å². The third-order valence-corrected chi connectivity index (χ3v) is 3.82. The number of imidazole rings is 1. The smallest absolute Gasteiger partial charge is 0.110 e. The number of hydrogen-bond donors (Lipinski definition) is 2. The first-order chi connectivity index (χ1) is 9.15. The fraction of sp³-hybridized carbons (Fsp3) is 0.438. The summed E-state index contributed by atoms with van der Waals surface area (Å²) in [5.74, 6) is 1.85. The van der Waals surface area contributed by atoms with E-state index < -0.39 is 0 Å². The van der Waals surface area contributed by atoms with E-state index in [4.69, 9.17) is 5.73 Å². The maximum absolute atomic E-state index is 5.66. The Morgan fingerprint density at radius 1 is 1.16 bits per heavy atom. The van der Waals surface area contributed by atoms with Gasteiger partial charge in [0.1, 0.15) is 5.82 Å². The van der Waals surface area contributed by atoms with Crippen LogP contribution >= 0.6 is 0 Å². The molecule has 1 aromatic carbocycles. The van der Waals surface area contributed by atoms with E-state index in [1.165, 1.54) is 17.5 Å².